The third-order valence-corrected chi connectivity index (χ3v) is 4.77. The van der Waals surface area contributed by atoms with Crippen LogP contribution in [0, 0.1) is 5.92 Å². The molecule has 0 spiro atoms. The average molecular weight is 353 g/mol. The zero-order chi connectivity index (χ0) is 17.7. The first-order chi connectivity index (χ1) is 11.5. The molecule has 0 aliphatic heterocycles. The third kappa shape index (κ3) is 4.26. The summed E-state index contributed by atoms with van der Waals surface area (Å²) in [5.74, 6) is 0.0493. The molecule has 1 aromatic rings. The third-order valence-electron chi connectivity index (χ3n) is 4.59. The summed E-state index contributed by atoms with van der Waals surface area (Å²) < 4.78 is 5.10. The fourth-order valence-corrected chi connectivity index (χ4v) is 3.58. The van der Waals surface area contributed by atoms with Crippen LogP contribution in [0.15, 0.2) is 18.5 Å². The van der Waals surface area contributed by atoms with E-state index in [0.717, 1.165) is 24.1 Å². The molecule has 0 bridgehead atoms. The molecule has 132 valence electrons. The molecule has 0 aromatic carbocycles. The number of halogens is 1. The Labute approximate surface area is 148 Å². The number of anilines is 1. The summed E-state index contributed by atoms with van der Waals surface area (Å²) in [6.45, 7) is 6.37. The lowest BCUT2D eigenvalue weighted by atomic mass is 9.85. The molecule has 0 radical (unpaired) electrons. The molecule has 1 saturated carbocycles. The van der Waals surface area contributed by atoms with Gasteiger partial charge in [-0.1, -0.05) is 13.8 Å². The molecule has 0 unspecified atom stereocenters. The molecule has 24 heavy (non-hydrogen) atoms. The Morgan fingerprint density at radius 2 is 2.00 bits per heavy atom. The molecule has 1 aliphatic carbocycles. The van der Waals surface area contributed by atoms with Crippen molar-refractivity contribution in [3.05, 3.63) is 24.0 Å². The number of carbonyl (C=O) groups excluding carboxylic acids is 2. The van der Waals surface area contributed by atoms with E-state index in [9.17, 15) is 9.59 Å². The van der Waals surface area contributed by atoms with E-state index in [1.54, 1.807) is 17.3 Å². The number of nitrogens with zero attached hydrogens (tertiary/aromatic N) is 2. The summed E-state index contributed by atoms with van der Waals surface area (Å²) in [5, 5.41) is -0.496. The Hall–Kier alpha value is -1.62. The van der Waals surface area contributed by atoms with E-state index >= 15 is 0 Å². The number of hydrogen-bond donors (Lipinski definition) is 0. The van der Waals surface area contributed by atoms with Crippen LogP contribution >= 0.6 is 11.6 Å². The largest absolute Gasteiger partial charge is 0.466 e. The standard InChI is InChI=1S/C18H25ClN2O3/c1-4-24-17(22)13-5-7-14(8-6-13)21(18(19)23)16-11-20-10-9-15(16)12(2)3/h9-14H,4-8H2,1-3H3. The van der Waals surface area contributed by atoms with Crippen molar-refractivity contribution < 1.29 is 14.3 Å². The lowest BCUT2D eigenvalue weighted by molar-refractivity contribution is -0.149. The molecule has 1 heterocycles. The molecule has 1 aromatic heterocycles. The molecule has 1 fully saturated rings. The van der Waals surface area contributed by atoms with Gasteiger partial charge in [-0.15, -0.1) is 0 Å². The number of rotatable bonds is 5. The van der Waals surface area contributed by atoms with Crippen LogP contribution < -0.4 is 4.90 Å². The fraction of sp³-hybridized carbons (Fsp3) is 0.611. The Morgan fingerprint density at radius 1 is 1.33 bits per heavy atom. The zero-order valence-electron chi connectivity index (χ0n) is 14.5. The van der Waals surface area contributed by atoms with Gasteiger partial charge in [0.2, 0.25) is 0 Å². The van der Waals surface area contributed by atoms with E-state index in [1.807, 2.05) is 13.0 Å². The van der Waals surface area contributed by atoms with Crippen molar-refractivity contribution in [2.45, 2.75) is 58.4 Å². The normalized spacial score (nSPS) is 20.7. The van der Waals surface area contributed by atoms with E-state index in [2.05, 4.69) is 18.8 Å². The van der Waals surface area contributed by atoms with Crippen LogP contribution in [0.1, 0.15) is 57.9 Å². The highest BCUT2D eigenvalue weighted by Gasteiger charge is 2.33. The average Bonchev–Trinajstić information content (AvgIpc) is 2.56. The summed E-state index contributed by atoms with van der Waals surface area (Å²) in [6, 6.07) is 1.92. The van der Waals surface area contributed by atoms with Crippen LogP contribution in [0.2, 0.25) is 0 Å². The fourth-order valence-electron chi connectivity index (χ4n) is 3.35. The van der Waals surface area contributed by atoms with Gasteiger partial charge in [0.25, 0.3) is 0 Å². The van der Waals surface area contributed by atoms with Gasteiger partial charge in [-0.25, -0.2) is 0 Å². The SMILES string of the molecule is CCOC(=O)C1CCC(N(C(=O)Cl)c2cnccc2C(C)C)CC1. The van der Waals surface area contributed by atoms with Gasteiger partial charge < -0.3 is 4.74 Å². The number of amides is 1. The number of carbonyl (C=O) groups is 2. The molecular weight excluding hydrogens is 328 g/mol. The molecular formula is C18H25ClN2O3. The second-order valence-electron chi connectivity index (χ2n) is 6.47. The quantitative estimate of drug-likeness (QED) is 0.445. The van der Waals surface area contributed by atoms with Crippen molar-refractivity contribution in [2.24, 2.45) is 5.92 Å². The van der Waals surface area contributed by atoms with Gasteiger partial charge in [0.15, 0.2) is 0 Å². The topological polar surface area (TPSA) is 59.5 Å². The van der Waals surface area contributed by atoms with Crippen molar-refractivity contribution in [3.8, 4) is 0 Å². The minimum Gasteiger partial charge on any atom is -0.466 e. The van der Waals surface area contributed by atoms with E-state index < -0.39 is 5.37 Å². The van der Waals surface area contributed by atoms with E-state index in [1.165, 1.54) is 0 Å². The number of pyridine rings is 1. The van der Waals surface area contributed by atoms with Crippen LogP contribution in [0.3, 0.4) is 0 Å². The minimum absolute atomic E-state index is 0.0117. The van der Waals surface area contributed by atoms with Gasteiger partial charge >= 0.3 is 11.3 Å². The number of ether oxygens (including phenoxy) is 1. The van der Waals surface area contributed by atoms with Crippen molar-refractivity contribution in [1.82, 2.24) is 4.98 Å². The molecule has 5 nitrogen and oxygen atoms in total. The van der Waals surface area contributed by atoms with Gasteiger partial charge in [0.05, 0.1) is 24.4 Å². The van der Waals surface area contributed by atoms with Crippen LogP contribution in [-0.4, -0.2) is 29.0 Å². The maximum absolute atomic E-state index is 12.1. The molecule has 2 rings (SSSR count). The Bertz CT molecular complexity index is 583. The highest BCUT2D eigenvalue weighted by atomic mass is 35.5. The smallest absolute Gasteiger partial charge is 0.321 e. The zero-order valence-corrected chi connectivity index (χ0v) is 15.3. The molecule has 6 heteroatoms. The Balaban J connectivity index is 2.16. The van der Waals surface area contributed by atoms with Crippen molar-refractivity contribution in [2.75, 3.05) is 11.5 Å². The predicted molar refractivity (Wildman–Crippen MR) is 94.4 cm³/mol. The van der Waals surface area contributed by atoms with E-state index in [-0.39, 0.29) is 23.8 Å². The van der Waals surface area contributed by atoms with Crippen molar-refractivity contribution in [1.29, 1.82) is 0 Å². The van der Waals surface area contributed by atoms with Gasteiger partial charge in [-0.2, -0.15) is 0 Å². The summed E-state index contributed by atoms with van der Waals surface area (Å²) in [6.07, 6.45) is 6.31. The van der Waals surface area contributed by atoms with Crippen LogP contribution in [0.25, 0.3) is 0 Å². The summed E-state index contributed by atoms with van der Waals surface area (Å²) in [5.41, 5.74) is 1.82. The van der Waals surface area contributed by atoms with E-state index in [4.69, 9.17) is 16.3 Å². The molecule has 1 amide bonds. The maximum Gasteiger partial charge on any atom is 0.321 e. The monoisotopic (exact) mass is 352 g/mol. The highest BCUT2D eigenvalue weighted by molar-refractivity contribution is 6.66. The molecule has 1 aliphatic rings. The first kappa shape index (κ1) is 18.7. The molecule has 0 N–H and O–H groups in total. The Morgan fingerprint density at radius 3 is 2.54 bits per heavy atom. The van der Waals surface area contributed by atoms with Gasteiger partial charge in [-0.3, -0.25) is 19.5 Å². The van der Waals surface area contributed by atoms with Crippen LogP contribution in [0.4, 0.5) is 10.5 Å². The summed E-state index contributed by atoms with van der Waals surface area (Å²) in [7, 11) is 0. The lowest BCUT2D eigenvalue weighted by Crippen LogP contribution is -2.41. The first-order valence-electron chi connectivity index (χ1n) is 8.54. The van der Waals surface area contributed by atoms with Crippen molar-refractivity contribution in [3.63, 3.8) is 0 Å². The molecule has 0 atom stereocenters. The van der Waals surface area contributed by atoms with Gasteiger partial charge in [0, 0.05) is 12.2 Å². The van der Waals surface area contributed by atoms with Crippen LogP contribution in [-0.2, 0) is 9.53 Å². The number of esters is 1. The lowest BCUT2D eigenvalue weighted by Gasteiger charge is -2.36. The van der Waals surface area contributed by atoms with Crippen LogP contribution in [0.5, 0.6) is 0 Å². The predicted octanol–water partition coefficient (Wildman–Crippen LogP) is 4.49. The number of aromatic nitrogens is 1. The first-order valence-corrected chi connectivity index (χ1v) is 8.92. The van der Waals surface area contributed by atoms with Crippen molar-refractivity contribution >= 4 is 28.6 Å². The van der Waals surface area contributed by atoms with Gasteiger partial charge in [0.1, 0.15) is 0 Å². The summed E-state index contributed by atoms with van der Waals surface area (Å²) >= 11 is 5.90. The second-order valence-corrected chi connectivity index (χ2v) is 6.79. The second kappa shape index (κ2) is 8.47. The minimum atomic E-state index is -0.496. The molecule has 0 saturated heterocycles. The highest BCUT2D eigenvalue weighted by Crippen LogP contribution is 2.35. The van der Waals surface area contributed by atoms with Gasteiger partial charge in [-0.05, 0) is 61.8 Å². The van der Waals surface area contributed by atoms with E-state index in [0.29, 0.717) is 19.4 Å². The maximum atomic E-state index is 12.1. The number of hydrogen-bond acceptors (Lipinski definition) is 4. The summed E-state index contributed by atoms with van der Waals surface area (Å²) in [4.78, 5) is 29.8. The Kier molecular flexibility index (Phi) is 6.60.